The summed E-state index contributed by atoms with van der Waals surface area (Å²) in [5.41, 5.74) is 11.0. The van der Waals surface area contributed by atoms with Gasteiger partial charge in [-0.05, 0) is 97.4 Å². The van der Waals surface area contributed by atoms with Gasteiger partial charge in [0.05, 0.1) is 11.0 Å². The van der Waals surface area contributed by atoms with Crippen molar-refractivity contribution in [2.75, 3.05) is 0 Å². The van der Waals surface area contributed by atoms with Gasteiger partial charge in [-0.15, -0.1) is 0 Å². The molecule has 9 aromatic rings. The maximum absolute atomic E-state index is 2.40. The highest BCUT2D eigenvalue weighted by Gasteiger charge is 2.15. The molecule has 8 aromatic carbocycles. The maximum atomic E-state index is 2.40. The number of fused-ring (bicyclic) bond motifs is 6. The fourth-order valence-corrected chi connectivity index (χ4v) is 6.92. The van der Waals surface area contributed by atoms with E-state index in [-0.39, 0.29) is 0 Å². The van der Waals surface area contributed by atoms with Crippen LogP contribution in [0.2, 0.25) is 0 Å². The van der Waals surface area contributed by atoms with E-state index in [0.717, 1.165) is 0 Å². The minimum absolute atomic E-state index is 1.17. The molecule has 0 N–H and O–H groups in total. The Labute approximate surface area is 262 Å². The van der Waals surface area contributed by atoms with Gasteiger partial charge >= 0.3 is 0 Å². The second-order valence-electron chi connectivity index (χ2n) is 11.8. The Balaban J connectivity index is 1.14. The molecule has 0 spiro atoms. The van der Waals surface area contributed by atoms with Gasteiger partial charge in [0.15, 0.2) is 0 Å². The molecule has 1 aromatic heterocycles. The minimum Gasteiger partial charge on any atom is -0.309 e. The molecule has 0 aliphatic heterocycles. The van der Waals surface area contributed by atoms with Crippen LogP contribution in [0.1, 0.15) is 0 Å². The lowest BCUT2D eigenvalue weighted by molar-refractivity contribution is 1.18. The summed E-state index contributed by atoms with van der Waals surface area (Å²) in [6.07, 6.45) is 0. The topological polar surface area (TPSA) is 4.93 Å². The Kier molecular flexibility index (Phi) is 5.89. The zero-order chi connectivity index (χ0) is 29.7. The quantitative estimate of drug-likeness (QED) is 0.198. The number of rotatable bonds is 4. The van der Waals surface area contributed by atoms with Crippen LogP contribution in [0.3, 0.4) is 0 Å². The van der Waals surface area contributed by atoms with E-state index < -0.39 is 0 Å². The number of aromatic nitrogens is 1. The SMILES string of the molecule is c1ccc(-c2ccc(-n3c4ccccc4c4c5ccc(-c6ccc7cc(-c8ccccc8)ccc7c6)cc5ccc43)cc2)cc1. The van der Waals surface area contributed by atoms with Crippen molar-refractivity contribution in [2.45, 2.75) is 0 Å². The second-order valence-corrected chi connectivity index (χ2v) is 11.8. The lowest BCUT2D eigenvalue weighted by Gasteiger charge is -2.11. The predicted octanol–water partition coefficient (Wildman–Crippen LogP) is 12.1. The first-order chi connectivity index (χ1) is 22.3. The van der Waals surface area contributed by atoms with E-state index in [1.54, 1.807) is 0 Å². The molecule has 210 valence electrons. The summed E-state index contributed by atoms with van der Waals surface area (Å²) in [5.74, 6) is 0. The van der Waals surface area contributed by atoms with E-state index in [0.29, 0.717) is 0 Å². The van der Waals surface area contributed by atoms with Crippen LogP contribution in [-0.2, 0) is 0 Å². The molecule has 0 saturated carbocycles. The van der Waals surface area contributed by atoms with E-state index in [9.17, 15) is 0 Å². The van der Waals surface area contributed by atoms with Crippen molar-refractivity contribution in [2.24, 2.45) is 0 Å². The van der Waals surface area contributed by atoms with Gasteiger partial charge in [-0.25, -0.2) is 0 Å². The van der Waals surface area contributed by atoms with Crippen molar-refractivity contribution in [1.82, 2.24) is 4.57 Å². The Bertz CT molecular complexity index is 2500. The minimum atomic E-state index is 1.17. The van der Waals surface area contributed by atoms with Crippen LogP contribution in [0.5, 0.6) is 0 Å². The number of nitrogens with zero attached hydrogens (tertiary/aromatic N) is 1. The van der Waals surface area contributed by atoms with Crippen LogP contribution in [0.25, 0.3) is 82.4 Å². The van der Waals surface area contributed by atoms with Gasteiger partial charge in [0.1, 0.15) is 0 Å². The van der Waals surface area contributed by atoms with Gasteiger partial charge in [-0.3, -0.25) is 0 Å². The molecule has 0 aliphatic carbocycles. The Morgan fingerprint density at radius 3 is 1.47 bits per heavy atom. The monoisotopic (exact) mass is 571 g/mol. The van der Waals surface area contributed by atoms with Crippen molar-refractivity contribution >= 4 is 43.4 Å². The first kappa shape index (κ1) is 25.6. The van der Waals surface area contributed by atoms with Crippen molar-refractivity contribution in [3.8, 4) is 39.1 Å². The normalized spacial score (nSPS) is 11.6. The molecular formula is C44H29N. The average molecular weight is 572 g/mol. The van der Waals surface area contributed by atoms with Gasteiger partial charge < -0.3 is 4.57 Å². The summed E-state index contributed by atoms with van der Waals surface area (Å²) in [6, 6.07) is 63.9. The largest absolute Gasteiger partial charge is 0.309 e. The molecule has 0 unspecified atom stereocenters. The molecule has 0 fully saturated rings. The highest BCUT2D eigenvalue weighted by molar-refractivity contribution is 6.21. The van der Waals surface area contributed by atoms with Crippen LogP contribution in [0.4, 0.5) is 0 Å². The first-order valence-electron chi connectivity index (χ1n) is 15.5. The highest BCUT2D eigenvalue weighted by Crippen LogP contribution is 2.39. The second kappa shape index (κ2) is 10.4. The van der Waals surface area contributed by atoms with E-state index in [4.69, 9.17) is 0 Å². The molecule has 1 heterocycles. The Morgan fingerprint density at radius 2 is 0.778 bits per heavy atom. The van der Waals surface area contributed by atoms with Gasteiger partial charge in [0, 0.05) is 16.5 Å². The van der Waals surface area contributed by atoms with Crippen molar-refractivity contribution in [3.05, 3.63) is 176 Å². The fraction of sp³-hybridized carbons (Fsp3) is 0. The summed E-state index contributed by atoms with van der Waals surface area (Å²) in [7, 11) is 0. The molecule has 1 heteroatoms. The van der Waals surface area contributed by atoms with Crippen LogP contribution in [0, 0.1) is 0 Å². The molecule has 9 rings (SSSR count). The van der Waals surface area contributed by atoms with Crippen molar-refractivity contribution in [1.29, 1.82) is 0 Å². The molecule has 0 radical (unpaired) electrons. The molecular weight excluding hydrogens is 542 g/mol. The fourth-order valence-electron chi connectivity index (χ4n) is 6.92. The number of para-hydroxylation sites is 1. The number of benzene rings is 8. The molecule has 0 aliphatic rings. The van der Waals surface area contributed by atoms with Gasteiger partial charge in [0.2, 0.25) is 0 Å². The third kappa shape index (κ3) is 4.32. The zero-order valence-corrected chi connectivity index (χ0v) is 24.7. The molecule has 0 bridgehead atoms. The van der Waals surface area contributed by atoms with Gasteiger partial charge in [0.25, 0.3) is 0 Å². The van der Waals surface area contributed by atoms with Crippen LogP contribution in [0.15, 0.2) is 176 Å². The van der Waals surface area contributed by atoms with Crippen LogP contribution in [-0.4, -0.2) is 4.57 Å². The molecule has 0 amide bonds. The molecule has 1 nitrogen and oxygen atoms in total. The summed E-state index contributed by atoms with van der Waals surface area (Å²) in [6.45, 7) is 0. The average Bonchev–Trinajstić information content (AvgIpc) is 3.46. The maximum Gasteiger partial charge on any atom is 0.0547 e. The first-order valence-corrected chi connectivity index (χ1v) is 15.5. The Hall–Kier alpha value is -5.92. The lowest BCUT2D eigenvalue weighted by Crippen LogP contribution is -1.93. The Morgan fingerprint density at radius 1 is 0.289 bits per heavy atom. The lowest BCUT2D eigenvalue weighted by atomic mass is 9.95. The van der Waals surface area contributed by atoms with Gasteiger partial charge in [-0.2, -0.15) is 0 Å². The van der Waals surface area contributed by atoms with Crippen molar-refractivity contribution < 1.29 is 0 Å². The van der Waals surface area contributed by atoms with E-state index in [2.05, 4.69) is 180 Å². The number of hydrogen-bond acceptors (Lipinski definition) is 0. The summed E-state index contributed by atoms with van der Waals surface area (Å²) >= 11 is 0. The molecule has 0 saturated heterocycles. The summed E-state index contributed by atoms with van der Waals surface area (Å²) < 4.78 is 2.40. The third-order valence-corrected chi connectivity index (χ3v) is 9.17. The van der Waals surface area contributed by atoms with E-state index in [1.165, 1.54) is 82.4 Å². The summed E-state index contributed by atoms with van der Waals surface area (Å²) in [4.78, 5) is 0. The van der Waals surface area contributed by atoms with E-state index in [1.807, 2.05) is 0 Å². The highest BCUT2D eigenvalue weighted by atomic mass is 15.0. The molecule has 0 atom stereocenters. The summed E-state index contributed by atoms with van der Waals surface area (Å²) in [5, 5.41) is 7.62. The van der Waals surface area contributed by atoms with E-state index >= 15 is 0 Å². The van der Waals surface area contributed by atoms with Crippen LogP contribution >= 0.6 is 0 Å². The number of hydrogen-bond donors (Lipinski definition) is 0. The van der Waals surface area contributed by atoms with Crippen molar-refractivity contribution in [3.63, 3.8) is 0 Å². The zero-order valence-electron chi connectivity index (χ0n) is 24.7. The standard InChI is InChI=1S/C44H29N/c1-3-9-30(10-4-1)32-19-23-39(24-20-32)45-42-14-8-7-13-41(42)44-40-25-21-37(29-38(40)22-26-43(44)45)36-18-17-34-27-33(15-16-35(34)28-36)31-11-5-2-6-12-31/h1-29H. The van der Waals surface area contributed by atoms with Crippen LogP contribution < -0.4 is 0 Å². The third-order valence-electron chi connectivity index (χ3n) is 9.17. The predicted molar refractivity (Wildman–Crippen MR) is 192 cm³/mol. The molecule has 45 heavy (non-hydrogen) atoms. The van der Waals surface area contributed by atoms with Gasteiger partial charge in [-0.1, -0.05) is 133 Å². The smallest absolute Gasteiger partial charge is 0.0547 e.